The fourth-order valence-corrected chi connectivity index (χ4v) is 4.51. The number of carbonyl (C=O) groups excluding carboxylic acids is 2. The Balaban J connectivity index is 1.57. The number of benzene rings is 2. The van der Waals surface area contributed by atoms with Crippen LogP contribution in [0.25, 0.3) is 10.9 Å². The van der Waals surface area contributed by atoms with Crippen LogP contribution in [0.4, 0.5) is 10.6 Å². The van der Waals surface area contributed by atoms with Crippen LogP contribution in [-0.2, 0) is 14.3 Å². The monoisotopic (exact) mass is 556 g/mol. The third-order valence-corrected chi connectivity index (χ3v) is 6.44. The largest absolute Gasteiger partial charge is 0.493 e. The second-order valence-electron chi connectivity index (χ2n) is 10.2. The van der Waals surface area contributed by atoms with E-state index < -0.39 is 17.6 Å². The van der Waals surface area contributed by atoms with Gasteiger partial charge in [-0.05, 0) is 44.5 Å². The lowest BCUT2D eigenvalue weighted by Gasteiger charge is -2.33. The molecule has 11 heteroatoms. The van der Waals surface area contributed by atoms with Gasteiger partial charge in [-0.3, -0.25) is 0 Å². The van der Waals surface area contributed by atoms with Crippen LogP contribution < -0.4 is 14.8 Å². The molecule has 208 valence electrons. The number of fused-ring (bicyclic) bond motifs is 1. The van der Waals surface area contributed by atoms with Gasteiger partial charge in [-0.25, -0.2) is 19.6 Å². The zero-order valence-corrected chi connectivity index (χ0v) is 23.4. The van der Waals surface area contributed by atoms with Crippen LogP contribution in [0.15, 0.2) is 42.7 Å². The molecule has 2 heterocycles. The minimum Gasteiger partial charge on any atom is -0.493 e. The summed E-state index contributed by atoms with van der Waals surface area (Å²) < 4.78 is 22.5. The SMILES string of the molecule is COC(=O)C(Nc1ncnc2cc(OC)c(OC3CCN(C(=O)OC(C)(C)C)CC3)cc12)c1cccc(Cl)c1. The number of nitrogens with one attached hydrogen (secondary N) is 1. The second-order valence-corrected chi connectivity index (χ2v) is 10.6. The van der Waals surface area contributed by atoms with E-state index in [4.69, 9.17) is 30.5 Å². The summed E-state index contributed by atoms with van der Waals surface area (Å²) in [5.41, 5.74) is 0.685. The molecular formula is C28H33ClN4O6. The molecule has 1 saturated heterocycles. The van der Waals surface area contributed by atoms with Crippen molar-refractivity contribution in [2.45, 2.75) is 51.4 Å². The number of esters is 1. The average Bonchev–Trinajstić information content (AvgIpc) is 2.90. The molecule has 0 spiro atoms. The number of hydrogen-bond donors (Lipinski definition) is 1. The number of amides is 1. The van der Waals surface area contributed by atoms with E-state index in [0.717, 1.165) is 0 Å². The lowest BCUT2D eigenvalue weighted by Crippen LogP contribution is -2.44. The van der Waals surface area contributed by atoms with Gasteiger partial charge < -0.3 is 29.2 Å². The van der Waals surface area contributed by atoms with Gasteiger partial charge in [0.15, 0.2) is 17.5 Å². The van der Waals surface area contributed by atoms with Crippen molar-refractivity contribution in [1.82, 2.24) is 14.9 Å². The quantitative estimate of drug-likeness (QED) is 0.382. The molecule has 1 aliphatic rings. The molecule has 0 radical (unpaired) electrons. The van der Waals surface area contributed by atoms with Crippen LogP contribution in [0.3, 0.4) is 0 Å². The Morgan fingerprint density at radius 2 is 1.82 bits per heavy atom. The number of rotatable bonds is 7. The van der Waals surface area contributed by atoms with E-state index in [-0.39, 0.29) is 12.2 Å². The number of ether oxygens (including phenoxy) is 4. The van der Waals surface area contributed by atoms with Gasteiger partial charge in [0.05, 0.1) is 19.7 Å². The summed E-state index contributed by atoms with van der Waals surface area (Å²) in [5.74, 6) is 0.949. The Morgan fingerprint density at radius 1 is 1.08 bits per heavy atom. The van der Waals surface area contributed by atoms with Crippen molar-refractivity contribution < 1.29 is 28.5 Å². The molecule has 1 unspecified atom stereocenters. The standard InChI is InChI=1S/C28H33ClN4O6/c1-28(2,3)39-27(35)33-11-9-19(10-12-33)38-23-14-20-21(15-22(23)36-4)30-16-31-25(20)32-24(26(34)37-5)17-7-6-8-18(29)13-17/h6-8,13-16,19,24H,9-12H2,1-5H3,(H,30,31,32). The van der Waals surface area contributed by atoms with Gasteiger partial charge in [-0.15, -0.1) is 0 Å². The molecule has 0 saturated carbocycles. The molecule has 2 aromatic carbocycles. The predicted octanol–water partition coefficient (Wildman–Crippen LogP) is 5.40. The molecule has 39 heavy (non-hydrogen) atoms. The number of halogens is 1. The number of likely N-dealkylation sites (tertiary alicyclic amines) is 1. The van der Waals surface area contributed by atoms with E-state index in [2.05, 4.69) is 15.3 Å². The van der Waals surface area contributed by atoms with Crippen molar-refractivity contribution in [3.63, 3.8) is 0 Å². The fourth-order valence-electron chi connectivity index (χ4n) is 4.31. The minimum atomic E-state index is -0.851. The summed E-state index contributed by atoms with van der Waals surface area (Å²) >= 11 is 6.17. The number of carbonyl (C=O) groups is 2. The molecule has 0 aliphatic carbocycles. The summed E-state index contributed by atoms with van der Waals surface area (Å²) in [7, 11) is 2.89. The molecule has 3 aromatic rings. The van der Waals surface area contributed by atoms with Crippen molar-refractivity contribution in [2.24, 2.45) is 0 Å². The van der Waals surface area contributed by atoms with Crippen molar-refractivity contribution in [3.05, 3.63) is 53.3 Å². The third-order valence-electron chi connectivity index (χ3n) is 6.21. The summed E-state index contributed by atoms with van der Waals surface area (Å²) in [4.78, 5) is 35.6. The maximum absolute atomic E-state index is 12.7. The molecule has 10 nitrogen and oxygen atoms in total. The number of nitrogens with zero attached hydrogens (tertiary/aromatic N) is 3. The molecule has 0 bridgehead atoms. The second kappa shape index (κ2) is 11.9. The lowest BCUT2D eigenvalue weighted by molar-refractivity contribution is -0.141. The van der Waals surface area contributed by atoms with Gasteiger partial charge >= 0.3 is 12.1 Å². The average molecular weight is 557 g/mol. The van der Waals surface area contributed by atoms with E-state index in [0.29, 0.717) is 64.7 Å². The molecule has 1 atom stereocenters. The van der Waals surface area contributed by atoms with Gasteiger partial charge in [0, 0.05) is 42.4 Å². The van der Waals surface area contributed by atoms with Crippen LogP contribution in [0.2, 0.25) is 5.02 Å². The van der Waals surface area contributed by atoms with Crippen molar-refractivity contribution in [2.75, 3.05) is 32.6 Å². The maximum atomic E-state index is 12.7. The number of methoxy groups -OCH3 is 2. The van der Waals surface area contributed by atoms with E-state index in [1.54, 1.807) is 48.4 Å². The van der Waals surface area contributed by atoms with E-state index >= 15 is 0 Å². The van der Waals surface area contributed by atoms with Crippen LogP contribution in [0.5, 0.6) is 11.5 Å². The Hall–Kier alpha value is -3.79. The maximum Gasteiger partial charge on any atom is 0.410 e. The molecule has 1 amide bonds. The van der Waals surface area contributed by atoms with Crippen LogP contribution >= 0.6 is 11.6 Å². The number of hydrogen-bond acceptors (Lipinski definition) is 9. The Bertz CT molecular complexity index is 1340. The van der Waals surface area contributed by atoms with Gasteiger partial charge in [0.25, 0.3) is 0 Å². The molecule has 1 N–H and O–H groups in total. The molecule has 1 aliphatic heterocycles. The fraction of sp³-hybridized carbons (Fsp3) is 0.429. The molecule has 1 aromatic heterocycles. The summed E-state index contributed by atoms with van der Waals surface area (Å²) in [6.45, 7) is 6.59. The van der Waals surface area contributed by atoms with Crippen molar-refractivity contribution >= 4 is 40.4 Å². The molecule has 4 rings (SSSR count). The Kier molecular flexibility index (Phi) is 8.64. The zero-order chi connectivity index (χ0) is 28.2. The highest BCUT2D eigenvalue weighted by molar-refractivity contribution is 6.30. The first kappa shape index (κ1) is 28.2. The van der Waals surface area contributed by atoms with Gasteiger partial charge in [0.1, 0.15) is 23.9 Å². The highest BCUT2D eigenvalue weighted by Gasteiger charge is 2.29. The summed E-state index contributed by atoms with van der Waals surface area (Å²) in [6.07, 6.45) is 2.22. The van der Waals surface area contributed by atoms with Crippen LogP contribution in [-0.4, -0.2) is 65.9 Å². The Labute approximate surface area is 232 Å². The van der Waals surface area contributed by atoms with Gasteiger partial charge in [-0.2, -0.15) is 0 Å². The highest BCUT2D eigenvalue weighted by Crippen LogP contribution is 2.36. The smallest absolute Gasteiger partial charge is 0.410 e. The third kappa shape index (κ3) is 7.00. The van der Waals surface area contributed by atoms with Crippen LogP contribution in [0.1, 0.15) is 45.2 Å². The normalized spacial score (nSPS) is 15.0. The minimum absolute atomic E-state index is 0.134. The number of aromatic nitrogens is 2. The van der Waals surface area contributed by atoms with Gasteiger partial charge in [0.2, 0.25) is 0 Å². The highest BCUT2D eigenvalue weighted by atomic mass is 35.5. The van der Waals surface area contributed by atoms with Crippen molar-refractivity contribution in [3.8, 4) is 11.5 Å². The van der Waals surface area contributed by atoms with Crippen LogP contribution in [0, 0.1) is 0 Å². The first-order valence-corrected chi connectivity index (χ1v) is 13.0. The first-order chi connectivity index (χ1) is 18.6. The topological polar surface area (TPSA) is 112 Å². The van der Waals surface area contributed by atoms with Gasteiger partial charge in [-0.1, -0.05) is 23.7 Å². The number of anilines is 1. The molecular weight excluding hydrogens is 524 g/mol. The van der Waals surface area contributed by atoms with Crippen molar-refractivity contribution in [1.29, 1.82) is 0 Å². The Morgan fingerprint density at radius 3 is 2.46 bits per heavy atom. The van der Waals surface area contributed by atoms with E-state index in [9.17, 15) is 9.59 Å². The lowest BCUT2D eigenvalue weighted by atomic mass is 10.1. The predicted molar refractivity (Wildman–Crippen MR) is 147 cm³/mol. The summed E-state index contributed by atoms with van der Waals surface area (Å²) in [6, 6.07) is 9.68. The number of piperidine rings is 1. The first-order valence-electron chi connectivity index (χ1n) is 12.6. The van der Waals surface area contributed by atoms with E-state index in [1.165, 1.54) is 13.4 Å². The zero-order valence-electron chi connectivity index (χ0n) is 22.7. The summed E-state index contributed by atoms with van der Waals surface area (Å²) in [5, 5.41) is 4.31. The van der Waals surface area contributed by atoms with E-state index in [1.807, 2.05) is 20.8 Å². The molecule has 1 fully saturated rings.